The average Bonchev–Trinajstić information content (AvgIpc) is 2.75. The van der Waals surface area contributed by atoms with Gasteiger partial charge < -0.3 is 5.32 Å². The van der Waals surface area contributed by atoms with E-state index in [0.29, 0.717) is 6.04 Å². The van der Waals surface area contributed by atoms with Crippen LogP contribution in [-0.4, -0.2) is 9.78 Å². The first-order valence-electron chi connectivity index (χ1n) is 5.66. The topological polar surface area (TPSA) is 29.9 Å². The van der Waals surface area contributed by atoms with E-state index in [-0.39, 0.29) is 0 Å². The first-order valence-corrected chi connectivity index (χ1v) is 5.66. The van der Waals surface area contributed by atoms with Gasteiger partial charge in [-0.05, 0) is 24.5 Å². The van der Waals surface area contributed by atoms with Crippen molar-refractivity contribution in [2.24, 2.45) is 7.05 Å². The lowest BCUT2D eigenvalue weighted by atomic mass is 9.95. The Morgan fingerprint density at radius 2 is 2.25 bits per heavy atom. The van der Waals surface area contributed by atoms with Crippen LogP contribution in [0.1, 0.15) is 23.6 Å². The highest BCUT2D eigenvalue weighted by Gasteiger charge is 2.19. The zero-order chi connectivity index (χ0) is 11.0. The smallest absolute Gasteiger partial charge is 0.0548 e. The van der Waals surface area contributed by atoms with Gasteiger partial charge >= 0.3 is 0 Å². The third kappa shape index (κ3) is 1.58. The van der Waals surface area contributed by atoms with E-state index in [9.17, 15) is 0 Å². The molecule has 1 aliphatic rings. The van der Waals surface area contributed by atoms with E-state index in [0.717, 1.165) is 12.8 Å². The average molecular weight is 213 g/mol. The summed E-state index contributed by atoms with van der Waals surface area (Å²) < 4.78 is 1.86. The maximum atomic E-state index is 4.22. The highest BCUT2D eigenvalue weighted by Crippen LogP contribution is 2.31. The fourth-order valence-corrected chi connectivity index (χ4v) is 2.31. The van der Waals surface area contributed by atoms with Crippen LogP contribution in [0.5, 0.6) is 0 Å². The van der Waals surface area contributed by atoms with Crippen LogP contribution in [0.2, 0.25) is 0 Å². The first kappa shape index (κ1) is 9.46. The molecule has 1 aromatic heterocycles. The van der Waals surface area contributed by atoms with Crippen molar-refractivity contribution in [3.63, 3.8) is 0 Å². The molecule has 0 aliphatic carbocycles. The van der Waals surface area contributed by atoms with Gasteiger partial charge in [-0.2, -0.15) is 5.10 Å². The molecule has 3 heteroatoms. The summed E-state index contributed by atoms with van der Waals surface area (Å²) >= 11 is 0. The Morgan fingerprint density at radius 1 is 1.38 bits per heavy atom. The van der Waals surface area contributed by atoms with Gasteiger partial charge in [-0.3, -0.25) is 4.68 Å². The van der Waals surface area contributed by atoms with Crippen molar-refractivity contribution in [1.29, 1.82) is 0 Å². The molecule has 0 unspecified atom stereocenters. The summed E-state index contributed by atoms with van der Waals surface area (Å²) in [6.45, 7) is 0. The summed E-state index contributed by atoms with van der Waals surface area (Å²) in [4.78, 5) is 0. The van der Waals surface area contributed by atoms with Crippen molar-refractivity contribution < 1.29 is 0 Å². The second-order valence-electron chi connectivity index (χ2n) is 4.34. The zero-order valence-electron chi connectivity index (χ0n) is 9.35. The number of hydrogen-bond donors (Lipinski definition) is 1. The number of hydrogen-bond acceptors (Lipinski definition) is 2. The number of para-hydroxylation sites is 1. The van der Waals surface area contributed by atoms with Gasteiger partial charge in [-0.15, -0.1) is 0 Å². The number of aromatic nitrogens is 2. The molecule has 0 saturated carbocycles. The highest BCUT2D eigenvalue weighted by atomic mass is 15.2. The molecule has 1 atom stereocenters. The van der Waals surface area contributed by atoms with Crippen LogP contribution in [0.25, 0.3) is 0 Å². The molecule has 3 rings (SSSR count). The predicted molar refractivity (Wildman–Crippen MR) is 64.3 cm³/mol. The standard InChI is InChI=1S/C13H15N3/c1-16-9-11(8-14-16)13-7-6-10-4-2-3-5-12(10)15-13/h2-5,8-9,13,15H,6-7H2,1H3/t13-/m1/s1. The number of nitrogens with one attached hydrogen (secondary N) is 1. The van der Waals surface area contributed by atoms with E-state index in [1.54, 1.807) is 0 Å². The summed E-state index contributed by atoms with van der Waals surface area (Å²) in [5, 5.41) is 7.80. The molecule has 16 heavy (non-hydrogen) atoms. The molecule has 0 spiro atoms. The van der Waals surface area contributed by atoms with Crippen molar-refractivity contribution in [1.82, 2.24) is 9.78 Å². The van der Waals surface area contributed by atoms with Crippen LogP contribution in [0.4, 0.5) is 5.69 Å². The fourth-order valence-electron chi connectivity index (χ4n) is 2.31. The van der Waals surface area contributed by atoms with Crippen LogP contribution < -0.4 is 5.32 Å². The Labute approximate surface area is 95.1 Å². The molecule has 1 aliphatic heterocycles. The molecule has 2 aromatic rings. The summed E-state index contributed by atoms with van der Waals surface area (Å²) in [5.74, 6) is 0. The monoisotopic (exact) mass is 213 g/mol. The second-order valence-corrected chi connectivity index (χ2v) is 4.34. The van der Waals surface area contributed by atoms with Gasteiger partial charge in [0.15, 0.2) is 0 Å². The second kappa shape index (κ2) is 3.67. The summed E-state index contributed by atoms with van der Waals surface area (Å²) in [6.07, 6.45) is 6.32. The van der Waals surface area contributed by atoms with Gasteiger partial charge in [0.1, 0.15) is 0 Å². The molecular weight excluding hydrogens is 198 g/mol. The van der Waals surface area contributed by atoms with E-state index in [4.69, 9.17) is 0 Å². The highest BCUT2D eigenvalue weighted by molar-refractivity contribution is 5.54. The molecule has 1 N–H and O–H groups in total. The Bertz CT molecular complexity index is 501. The van der Waals surface area contributed by atoms with Gasteiger partial charge in [0, 0.05) is 24.5 Å². The Morgan fingerprint density at radius 3 is 3.06 bits per heavy atom. The van der Waals surface area contributed by atoms with Crippen molar-refractivity contribution in [2.45, 2.75) is 18.9 Å². The van der Waals surface area contributed by atoms with E-state index >= 15 is 0 Å². The summed E-state index contributed by atoms with van der Waals surface area (Å²) in [5.41, 5.74) is 3.96. The normalized spacial score (nSPS) is 18.9. The lowest BCUT2D eigenvalue weighted by Gasteiger charge is -2.26. The molecule has 0 fully saturated rings. The number of anilines is 1. The lowest BCUT2D eigenvalue weighted by Crippen LogP contribution is -2.17. The third-order valence-electron chi connectivity index (χ3n) is 3.18. The number of fused-ring (bicyclic) bond motifs is 1. The molecule has 3 nitrogen and oxygen atoms in total. The predicted octanol–water partition coefficient (Wildman–Crippen LogP) is 2.52. The SMILES string of the molecule is Cn1cc([C@H]2CCc3ccccc3N2)cn1. The van der Waals surface area contributed by atoms with Crippen molar-refractivity contribution >= 4 is 5.69 Å². The third-order valence-corrected chi connectivity index (χ3v) is 3.18. The molecule has 82 valence electrons. The molecular formula is C13H15N3. The van der Waals surface area contributed by atoms with Gasteiger partial charge in [0.2, 0.25) is 0 Å². The number of rotatable bonds is 1. The minimum atomic E-state index is 0.406. The maximum Gasteiger partial charge on any atom is 0.0548 e. The molecule has 0 radical (unpaired) electrons. The lowest BCUT2D eigenvalue weighted by molar-refractivity contribution is 0.666. The quantitative estimate of drug-likeness (QED) is 0.788. The maximum absolute atomic E-state index is 4.22. The largest absolute Gasteiger partial charge is 0.378 e. The van der Waals surface area contributed by atoms with Crippen LogP contribution in [0, 0.1) is 0 Å². The molecule has 0 amide bonds. The van der Waals surface area contributed by atoms with Crippen LogP contribution in [-0.2, 0) is 13.5 Å². The van der Waals surface area contributed by atoms with Crippen LogP contribution >= 0.6 is 0 Å². The molecule has 0 bridgehead atoms. The minimum absolute atomic E-state index is 0.406. The number of benzene rings is 1. The van der Waals surface area contributed by atoms with Gasteiger partial charge in [0.05, 0.1) is 12.2 Å². The summed E-state index contributed by atoms with van der Waals surface area (Å²) in [7, 11) is 1.96. The van der Waals surface area contributed by atoms with Crippen molar-refractivity contribution in [2.75, 3.05) is 5.32 Å². The number of aryl methyl sites for hydroxylation is 2. The van der Waals surface area contributed by atoms with Crippen LogP contribution in [0.15, 0.2) is 36.7 Å². The number of nitrogens with zero attached hydrogens (tertiary/aromatic N) is 2. The van der Waals surface area contributed by atoms with Gasteiger partial charge in [-0.1, -0.05) is 18.2 Å². The summed E-state index contributed by atoms with van der Waals surface area (Å²) in [6, 6.07) is 8.94. The molecule has 1 aromatic carbocycles. The van der Waals surface area contributed by atoms with E-state index in [1.807, 2.05) is 17.9 Å². The van der Waals surface area contributed by atoms with Crippen molar-refractivity contribution in [3.8, 4) is 0 Å². The molecule has 0 saturated heterocycles. The Hall–Kier alpha value is -1.77. The minimum Gasteiger partial charge on any atom is -0.378 e. The van der Waals surface area contributed by atoms with Gasteiger partial charge in [0.25, 0.3) is 0 Å². The van der Waals surface area contributed by atoms with Crippen molar-refractivity contribution in [3.05, 3.63) is 47.8 Å². The van der Waals surface area contributed by atoms with E-state index < -0.39 is 0 Å². The van der Waals surface area contributed by atoms with Gasteiger partial charge in [-0.25, -0.2) is 0 Å². The molecule has 2 heterocycles. The Balaban J connectivity index is 1.88. The van der Waals surface area contributed by atoms with E-state index in [2.05, 4.69) is 40.9 Å². The van der Waals surface area contributed by atoms with Crippen LogP contribution in [0.3, 0.4) is 0 Å². The zero-order valence-corrected chi connectivity index (χ0v) is 9.35. The first-order chi connectivity index (χ1) is 7.83. The Kier molecular flexibility index (Phi) is 2.17. The van der Waals surface area contributed by atoms with E-state index in [1.165, 1.54) is 16.8 Å². The fraction of sp³-hybridized carbons (Fsp3) is 0.308.